The van der Waals surface area contributed by atoms with Gasteiger partial charge in [-0.2, -0.15) is 0 Å². The molecule has 2 aromatic carbocycles. The molecule has 148 valence electrons. The Kier molecular flexibility index (Phi) is 6.02. The SMILES string of the molecule is COCCNC(=O)CSc1nnc2c3ccccc3nc(Cc3ccccc3)n12. The Morgan fingerprint density at radius 3 is 2.72 bits per heavy atom. The monoisotopic (exact) mass is 407 g/mol. The Labute approximate surface area is 172 Å². The van der Waals surface area contributed by atoms with Crippen LogP contribution in [0, 0.1) is 0 Å². The summed E-state index contributed by atoms with van der Waals surface area (Å²) >= 11 is 1.35. The number of amides is 1. The predicted octanol–water partition coefficient (Wildman–Crippen LogP) is 2.72. The molecule has 0 saturated heterocycles. The van der Waals surface area contributed by atoms with Crippen molar-refractivity contribution in [1.29, 1.82) is 0 Å². The summed E-state index contributed by atoms with van der Waals surface area (Å²) in [6, 6.07) is 18.1. The summed E-state index contributed by atoms with van der Waals surface area (Å²) in [6.07, 6.45) is 0.647. The van der Waals surface area contributed by atoms with Crippen LogP contribution in [0.5, 0.6) is 0 Å². The van der Waals surface area contributed by atoms with E-state index in [1.54, 1.807) is 7.11 Å². The number of aromatic nitrogens is 4. The minimum Gasteiger partial charge on any atom is -0.383 e. The maximum absolute atomic E-state index is 12.1. The zero-order valence-electron chi connectivity index (χ0n) is 16.0. The molecule has 4 rings (SSSR count). The second-order valence-corrected chi connectivity index (χ2v) is 7.42. The molecule has 29 heavy (non-hydrogen) atoms. The van der Waals surface area contributed by atoms with E-state index < -0.39 is 0 Å². The van der Waals surface area contributed by atoms with Gasteiger partial charge >= 0.3 is 0 Å². The standard InChI is InChI=1S/C21H21N5O2S/c1-28-12-11-22-19(27)14-29-21-25-24-20-16-9-5-6-10-17(16)23-18(26(20)21)13-15-7-3-2-4-8-15/h2-10H,11-14H2,1H3,(H,22,27). The normalized spacial score (nSPS) is 11.2. The molecule has 2 aromatic heterocycles. The number of fused-ring (bicyclic) bond motifs is 3. The third-order valence-corrected chi connectivity index (χ3v) is 5.38. The van der Waals surface area contributed by atoms with Crippen LogP contribution in [0.25, 0.3) is 16.6 Å². The van der Waals surface area contributed by atoms with Crippen LogP contribution in [0.4, 0.5) is 0 Å². The van der Waals surface area contributed by atoms with Gasteiger partial charge < -0.3 is 10.1 Å². The highest BCUT2D eigenvalue weighted by atomic mass is 32.2. The Bertz CT molecular complexity index is 1130. The lowest BCUT2D eigenvalue weighted by Gasteiger charge is -2.10. The summed E-state index contributed by atoms with van der Waals surface area (Å²) < 4.78 is 6.92. The number of hydrogen-bond acceptors (Lipinski definition) is 6. The molecule has 0 aliphatic rings. The van der Waals surface area contributed by atoms with E-state index in [0.717, 1.165) is 27.9 Å². The van der Waals surface area contributed by atoms with Crippen molar-refractivity contribution < 1.29 is 9.53 Å². The first-order chi connectivity index (χ1) is 14.3. The molecule has 8 heteroatoms. The van der Waals surface area contributed by atoms with Gasteiger partial charge in [-0.1, -0.05) is 54.2 Å². The van der Waals surface area contributed by atoms with Gasteiger partial charge in [-0.3, -0.25) is 9.20 Å². The van der Waals surface area contributed by atoms with E-state index in [4.69, 9.17) is 9.72 Å². The number of ether oxygens (including phenoxy) is 1. The van der Waals surface area contributed by atoms with Crippen molar-refractivity contribution in [3.8, 4) is 0 Å². The first-order valence-corrected chi connectivity index (χ1v) is 10.3. The van der Waals surface area contributed by atoms with Gasteiger partial charge in [0.25, 0.3) is 0 Å². The lowest BCUT2D eigenvalue weighted by molar-refractivity contribution is -0.118. The van der Waals surface area contributed by atoms with Gasteiger partial charge in [0.2, 0.25) is 5.91 Å². The highest BCUT2D eigenvalue weighted by molar-refractivity contribution is 7.99. The molecular weight excluding hydrogens is 386 g/mol. The van der Waals surface area contributed by atoms with Crippen LogP contribution in [-0.2, 0) is 16.0 Å². The van der Waals surface area contributed by atoms with Crippen LogP contribution >= 0.6 is 11.8 Å². The first kappa shape index (κ1) is 19.4. The van der Waals surface area contributed by atoms with E-state index in [0.29, 0.717) is 24.7 Å². The van der Waals surface area contributed by atoms with Crippen molar-refractivity contribution in [3.05, 3.63) is 66.0 Å². The summed E-state index contributed by atoms with van der Waals surface area (Å²) in [4.78, 5) is 16.9. The molecule has 0 saturated carbocycles. The van der Waals surface area contributed by atoms with Crippen LogP contribution in [-0.4, -0.2) is 51.5 Å². The molecule has 7 nitrogen and oxygen atoms in total. The lowest BCUT2D eigenvalue weighted by atomic mass is 10.1. The summed E-state index contributed by atoms with van der Waals surface area (Å²) in [5, 5.41) is 13.2. The van der Waals surface area contributed by atoms with E-state index in [1.165, 1.54) is 11.8 Å². The van der Waals surface area contributed by atoms with Crippen LogP contribution in [0.3, 0.4) is 0 Å². The molecule has 0 aliphatic carbocycles. The average molecular weight is 407 g/mol. The molecule has 0 radical (unpaired) electrons. The summed E-state index contributed by atoms with van der Waals surface area (Å²) in [5.41, 5.74) is 2.79. The zero-order valence-corrected chi connectivity index (χ0v) is 16.9. The van der Waals surface area contributed by atoms with Gasteiger partial charge in [0.15, 0.2) is 10.8 Å². The van der Waals surface area contributed by atoms with Crippen molar-refractivity contribution in [1.82, 2.24) is 24.9 Å². The van der Waals surface area contributed by atoms with Crippen LogP contribution in [0.1, 0.15) is 11.4 Å². The maximum atomic E-state index is 12.1. The fourth-order valence-electron chi connectivity index (χ4n) is 3.09. The molecule has 1 amide bonds. The Morgan fingerprint density at radius 2 is 1.90 bits per heavy atom. The smallest absolute Gasteiger partial charge is 0.230 e. The van der Waals surface area contributed by atoms with Crippen molar-refractivity contribution in [2.24, 2.45) is 0 Å². The molecule has 4 aromatic rings. The zero-order chi connectivity index (χ0) is 20.1. The molecule has 0 bridgehead atoms. The summed E-state index contributed by atoms with van der Waals surface area (Å²) in [7, 11) is 1.61. The van der Waals surface area contributed by atoms with E-state index in [9.17, 15) is 4.79 Å². The second-order valence-electron chi connectivity index (χ2n) is 6.48. The predicted molar refractivity (Wildman–Crippen MR) is 113 cm³/mol. The van der Waals surface area contributed by atoms with Crippen LogP contribution in [0.15, 0.2) is 59.8 Å². The number of para-hydroxylation sites is 1. The third-order valence-electron chi connectivity index (χ3n) is 4.45. The van der Waals surface area contributed by atoms with Crippen LogP contribution in [0.2, 0.25) is 0 Å². The first-order valence-electron chi connectivity index (χ1n) is 9.31. The summed E-state index contributed by atoms with van der Waals surface area (Å²) in [6.45, 7) is 0.976. The minimum absolute atomic E-state index is 0.0674. The van der Waals surface area contributed by atoms with Gasteiger partial charge in [-0.25, -0.2) is 4.98 Å². The number of benzene rings is 2. The Hall–Kier alpha value is -2.97. The number of nitrogens with zero attached hydrogens (tertiary/aromatic N) is 4. The van der Waals surface area contributed by atoms with Crippen molar-refractivity contribution in [2.75, 3.05) is 26.0 Å². The van der Waals surface area contributed by atoms with E-state index in [1.807, 2.05) is 46.9 Å². The van der Waals surface area contributed by atoms with E-state index in [2.05, 4.69) is 27.6 Å². The average Bonchev–Trinajstić information content (AvgIpc) is 3.18. The molecular formula is C21H21N5O2S. The lowest BCUT2D eigenvalue weighted by Crippen LogP contribution is -2.28. The maximum Gasteiger partial charge on any atom is 0.230 e. The number of rotatable bonds is 8. The minimum atomic E-state index is -0.0674. The molecule has 0 aliphatic heterocycles. The van der Waals surface area contributed by atoms with Crippen molar-refractivity contribution >= 4 is 34.2 Å². The fourth-order valence-corrected chi connectivity index (χ4v) is 3.87. The molecule has 0 atom stereocenters. The molecule has 1 N–H and O–H groups in total. The highest BCUT2D eigenvalue weighted by Crippen LogP contribution is 2.25. The Balaban J connectivity index is 1.68. The molecule has 2 heterocycles. The van der Waals surface area contributed by atoms with E-state index >= 15 is 0 Å². The topological polar surface area (TPSA) is 81.4 Å². The van der Waals surface area contributed by atoms with Gasteiger partial charge in [0, 0.05) is 25.5 Å². The van der Waals surface area contributed by atoms with Gasteiger partial charge in [0.1, 0.15) is 5.82 Å². The quantitative estimate of drug-likeness (QED) is 0.357. The van der Waals surface area contributed by atoms with Crippen molar-refractivity contribution in [3.63, 3.8) is 0 Å². The largest absolute Gasteiger partial charge is 0.383 e. The van der Waals surface area contributed by atoms with Gasteiger partial charge in [0.05, 0.1) is 17.9 Å². The number of thioether (sulfide) groups is 1. The summed E-state index contributed by atoms with van der Waals surface area (Å²) in [5.74, 6) is 1.03. The van der Waals surface area contributed by atoms with Crippen LogP contribution < -0.4 is 5.32 Å². The third kappa shape index (κ3) is 4.38. The number of nitrogens with one attached hydrogen (secondary N) is 1. The Morgan fingerprint density at radius 1 is 1.10 bits per heavy atom. The number of hydrogen-bond donors (Lipinski definition) is 1. The molecule has 0 spiro atoms. The van der Waals surface area contributed by atoms with E-state index in [-0.39, 0.29) is 11.7 Å². The molecule has 0 unspecified atom stereocenters. The van der Waals surface area contributed by atoms with Crippen molar-refractivity contribution in [2.45, 2.75) is 11.6 Å². The number of carbonyl (C=O) groups excluding carboxylic acids is 1. The number of methoxy groups -OCH3 is 1. The second kappa shape index (κ2) is 9.02. The van der Waals surface area contributed by atoms with Gasteiger partial charge in [-0.15, -0.1) is 10.2 Å². The number of carbonyl (C=O) groups is 1. The van der Waals surface area contributed by atoms with Gasteiger partial charge in [-0.05, 0) is 17.7 Å². The highest BCUT2D eigenvalue weighted by Gasteiger charge is 2.16. The molecule has 0 fully saturated rings. The fraction of sp³-hybridized carbons (Fsp3) is 0.238.